The van der Waals surface area contributed by atoms with Gasteiger partial charge in [-0.25, -0.2) is 0 Å². The van der Waals surface area contributed by atoms with Gasteiger partial charge in [0.1, 0.15) is 0 Å². The molecule has 2 aliphatic heterocycles. The highest BCUT2D eigenvalue weighted by Crippen LogP contribution is 2.11. The second-order valence-electron chi connectivity index (χ2n) is 7.69. The lowest BCUT2D eigenvalue weighted by molar-refractivity contribution is 0.0657. The summed E-state index contributed by atoms with van der Waals surface area (Å²) in [6.45, 7) is 7.76. The Bertz CT molecular complexity index is 602. The Morgan fingerprint density at radius 1 is 1.04 bits per heavy atom. The Hall–Kier alpha value is -2.02. The van der Waals surface area contributed by atoms with Gasteiger partial charge in [-0.2, -0.15) is 0 Å². The molecule has 1 amide bonds. The van der Waals surface area contributed by atoms with Crippen LogP contribution in [0.15, 0.2) is 27.8 Å². The van der Waals surface area contributed by atoms with Crippen LogP contribution in [0.3, 0.4) is 0 Å². The molecule has 28 heavy (non-hydrogen) atoms. The summed E-state index contributed by atoms with van der Waals surface area (Å²) in [4.78, 5) is 23.5. The summed E-state index contributed by atoms with van der Waals surface area (Å²) in [6, 6.07) is 3.47. The van der Waals surface area contributed by atoms with E-state index in [1.54, 1.807) is 18.4 Å². The number of guanidine groups is 1. The Balaban J connectivity index is 1.29. The minimum absolute atomic E-state index is 0.0266. The summed E-state index contributed by atoms with van der Waals surface area (Å²) < 4.78 is 5.22. The number of hydrogen-bond acceptors (Lipinski definition) is 4. The van der Waals surface area contributed by atoms with Crippen LogP contribution in [0.1, 0.15) is 49.1 Å². The van der Waals surface area contributed by atoms with E-state index in [-0.39, 0.29) is 5.91 Å². The van der Waals surface area contributed by atoms with E-state index in [4.69, 9.17) is 4.42 Å². The first kappa shape index (κ1) is 20.7. The van der Waals surface area contributed by atoms with Gasteiger partial charge in [-0.15, -0.1) is 0 Å². The lowest BCUT2D eigenvalue weighted by Gasteiger charge is -2.36. The lowest BCUT2D eigenvalue weighted by Crippen LogP contribution is -2.53. The smallest absolute Gasteiger partial charge is 0.289 e. The van der Waals surface area contributed by atoms with Crippen molar-refractivity contribution in [2.24, 2.45) is 4.99 Å². The van der Waals surface area contributed by atoms with Crippen molar-refractivity contribution < 1.29 is 9.21 Å². The topological polar surface area (TPSA) is 64.3 Å². The van der Waals surface area contributed by atoms with Crippen molar-refractivity contribution in [1.82, 2.24) is 20.0 Å². The average Bonchev–Trinajstić information content (AvgIpc) is 3.29. The summed E-state index contributed by atoms with van der Waals surface area (Å²) in [6.07, 6.45) is 9.41. The molecule has 0 aliphatic carbocycles. The normalized spacial score (nSPS) is 19.1. The van der Waals surface area contributed by atoms with Crippen molar-refractivity contribution >= 4 is 11.9 Å². The first-order chi connectivity index (χ1) is 13.8. The SMILES string of the molecule is CN=C(NCCCCCN1CCCCC1)N1CCN(C(=O)c2ccco2)CC1. The molecule has 7 nitrogen and oxygen atoms in total. The van der Waals surface area contributed by atoms with Gasteiger partial charge in [0.25, 0.3) is 5.91 Å². The third-order valence-electron chi connectivity index (χ3n) is 5.69. The fraction of sp³-hybridized carbons (Fsp3) is 0.714. The van der Waals surface area contributed by atoms with Crippen LogP contribution in [-0.2, 0) is 0 Å². The van der Waals surface area contributed by atoms with Crippen LogP contribution in [0.25, 0.3) is 0 Å². The largest absolute Gasteiger partial charge is 0.459 e. The zero-order valence-corrected chi connectivity index (χ0v) is 17.2. The third-order valence-corrected chi connectivity index (χ3v) is 5.69. The van der Waals surface area contributed by atoms with Crippen LogP contribution in [-0.4, -0.2) is 86.0 Å². The van der Waals surface area contributed by atoms with E-state index in [0.717, 1.165) is 25.6 Å². The molecule has 0 atom stereocenters. The molecule has 7 heteroatoms. The minimum atomic E-state index is -0.0266. The van der Waals surface area contributed by atoms with Gasteiger partial charge in [0.15, 0.2) is 11.7 Å². The van der Waals surface area contributed by atoms with Gasteiger partial charge in [-0.1, -0.05) is 12.8 Å². The van der Waals surface area contributed by atoms with Gasteiger partial charge in [-0.05, 0) is 57.5 Å². The van der Waals surface area contributed by atoms with Crippen molar-refractivity contribution in [1.29, 1.82) is 0 Å². The molecule has 0 aromatic carbocycles. The van der Waals surface area contributed by atoms with Crippen LogP contribution in [0.2, 0.25) is 0 Å². The van der Waals surface area contributed by atoms with Crippen molar-refractivity contribution in [2.75, 3.05) is 59.4 Å². The molecular formula is C21H35N5O2. The fourth-order valence-corrected chi connectivity index (χ4v) is 4.03. The first-order valence-corrected chi connectivity index (χ1v) is 10.8. The highest BCUT2D eigenvalue weighted by atomic mass is 16.3. The van der Waals surface area contributed by atoms with Crippen LogP contribution < -0.4 is 5.32 Å². The van der Waals surface area contributed by atoms with E-state index in [1.807, 2.05) is 11.9 Å². The third kappa shape index (κ3) is 5.99. The minimum Gasteiger partial charge on any atom is -0.459 e. The maximum absolute atomic E-state index is 12.4. The van der Waals surface area contributed by atoms with E-state index >= 15 is 0 Å². The summed E-state index contributed by atoms with van der Waals surface area (Å²) in [5, 5.41) is 3.49. The standard InChI is InChI=1S/C21H35N5O2/c1-22-21(23-10-4-2-5-11-24-12-6-3-7-13-24)26-16-14-25(15-17-26)20(27)19-9-8-18-28-19/h8-9,18H,2-7,10-17H2,1H3,(H,22,23). The number of aliphatic imine (C=N–C) groups is 1. The molecule has 0 radical (unpaired) electrons. The molecule has 2 aliphatic rings. The number of piperazine rings is 1. The van der Waals surface area contributed by atoms with E-state index in [0.29, 0.717) is 18.8 Å². The number of nitrogens with zero attached hydrogens (tertiary/aromatic N) is 4. The molecule has 1 N–H and O–H groups in total. The van der Waals surface area contributed by atoms with E-state index in [1.165, 1.54) is 58.2 Å². The van der Waals surface area contributed by atoms with Crippen molar-refractivity contribution in [3.63, 3.8) is 0 Å². The maximum Gasteiger partial charge on any atom is 0.289 e. The van der Waals surface area contributed by atoms with E-state index < -0.39 is 0 Å². The Labute approximate surface area is 168 Å². The molecule has 0 saturated carbocycles. The monoisotopic (exact) mass is 389 g/mol. The Morgan fingerprint density at radius 2 is 1.79 bits per heavy atom. The molecule has 0 unspecified atom stereocenters. The highest BCUT2D eigenvalue weighted by Gasteiger charge is 2.25. The number of rotatable bonds is 7. The van der Waals surface area contributed by atoms with E-state index in [9.17, 15) is 4.79 Å². The number of likely N-dealkylation sites (tertiary alicyclic amines) is 1. The molecule has 0 bridgehead atoms. The van der Waals surface area contributed by atoms with Gasteiger partial charge in [-0.3, -0.25) is 9.79 Å². The second-order valence-corrected chi connectivity index (χ2v) is 7.69. The number of unbranched alkanes of at least 4 members (excludes halogenated alkanes) is 2. The predicted octanol–water partition coefficient (Wildman–Crippen LogP) is 2.27. The molecule has 156 valence electrons. The van der Waals surface area contributed by atoms with Gasteiger partial charge < -0.3 is 24.4 Å². The van der Waals surface area contributed by atoms with Gasteiger partial charge in [0.2, 0.25) is 0 Å². The fourth-order valence-electron chi connectivity index (χ4n) is 4.03. The predicted molar refractivity (Wildman–Crippen MR) is 112 cm³/mol. The number of amides is 1. The molecule has 2 saturated heterocycles. The molecule has 3 rings (SSSR count). The van der Waals surface area contributed by atoms with Crippen molar-refractivity contribution in [3.8, 4) is 0 Å². The lowest BCUT2D eigenvalue weighted by atomic mass is 10.1. The van der Waals surface area contributed by atoms with Gasteiger partial charge >= 0.3 is 0 Å². The quantitative estimate of drug-likeness (QED) is 0.440. The number of furan rings is 1. The Morgan fingerprint density at radius 3 is 2.46 bits per heavy atom. The van der Waals surface area contributed by atoms with E-state index in [2.05, 4.69) is 20.1 Å². The van der Waals surface area contributed by atoms with Crippen molar-refractivity contribution in [2.45, 2.75) is 38.5 Å². The molecule has 1 aromatic rings. The number of piperidine rings is 1. The molecule has 0 spiro atoms. The second kappa shape index (κ2) is 11.1. The maximum atomic E-state index is 12.4. The number of carbonyl (C=O) groups is 1. The Kier molecular flexibility index (Phi) is 8.21. The number of carbonyl (C=O) groups excluding carboxylic acids is 1. The molecular weight excluding hydrogens is 354 g/mol. The molecule has 2 fully saturated rings. The summed E-state index contributed by atoms with van der Waals surface area (Å²) in [5.74, 6) is 1.34. The zero-order chi connectivity index (χ0) is 19.6. The van der Waals surface area contributed by atoms with Crippen LogP contribution in [0, 0.1) is 0 Å². The number of hydrogen-bond donors (Lipinski definition) is 1. The molecule has 1 aromatic heterocycles. The van der Waals surface area contributed by atoms with Crippen LogP contribution in [0.4, 0.5) is 0 Å². The van der Waals surface area contributed by atoms with Crippen molar-refractivity contribution in [3.05, 3.63) is 24.2 Å². The average molecular weight is 390 g/mol. The van der Waals surface area contributed by atoms with Crippen LogP contribution in [0.5, 0.6) is 0 Å². The summed E-state index contributed by atoms with van der Waals surface area (Å²) >= 11 is 0. The number of nitrogens with one attached hydrogen (secondary N) is 1. The summed E-state index contributed by atoms with van der Waals surface area (Å²) in [7, 11) is 1.83. The van der Waals surface area contributed by atoms with Crippen LogP contribution >= 0.6 is 0 Å². The zero-order valence-electron chi connectivity index (χ0n) is 17.2. The first-order valence-electron chi connectivity index (χ1n) is 10.8. The molecule has 3 heterocycles. The highest BCUT2D eigenvalue weighted by molar-refractivity contribution is 5.91. The van der Waals surface area contributed by atoms with Gasteiger partial charge in [0, 0.05) is 39.8 Å². The summed E-state index contributed by atoms with van der Waals surface area (Å²) in [5.41, 5.74) is 0. The van der Waals surface area contributed by atoms with Gasteiger partial charge in [0.05, 0.1) is 6.26 Å².